The molecule has 4 nitrogen and oxygen atoms in total. The molecule has 0 fully saturated rings. The summed E-state index contributed by atoms with van der Waals surface area (Å²) >= 11 is 0. The van der Waals surface area contributed by atoms with Gasteiger partial charge in [-0.2, -0.15) is 0 Å². The zero-order valence-corrected chi connectivity index (χ0v) is 15.2. The summed E-state index contributed by atoms with van der Waals surface area (Å²) < 4.78 is 21.4. The first-order valence-corrected chi connectivity index (χ1v) is 9.25. The van der Waals surface area contributed by atoms with Crippen LogP contribution in [0.2, 0.25) is 0 Å². The third-order valence-corrected chi connectivity index (χ3v) is 4.89. The van der Waals surface area contributed by atoms with E-state index in [0.29, 0.717) is 0 Å². The first-order chi connectivity index (χ1) is 8.24. The van der Waals surface area contributed by atoms with E-state index in [9.17, 15) is 18.9 Å². The normalized spacial score (nSPS) is 10.2. The van der Waals surface area contributed by atoms with Crippen LogP contribution in [0.4, 0.5) is 0 Å². The van der Waals surface area contributed by atoms with Gasteiger partial charge >= 0.3 is 37.7 Å². The molecule has 0 saturated carbocycles. The van der Waals surface area contributed by atoms with E-state index < -0.39 is 14.7 Å². The Morgan fingerprint density at radius 1 is 0.684 bits per heavy atom. The molecular formula is C12H20CaO4P2. The summed E-state index contributed by atoms with van der Waals surface area (Å²) in [5.41, 5.74) is 0. The zero-order valence-electron chi connectivity index (χ0n) is 11.2. The second-order valence-electron chi connectivity index (χ2n) is 3.51. The van der Waals surface area contributed by atoms with Crippen molar-refractivity contribution >= 4 is 52.5 Å². The molecule has 0 saturated heterocycles. The van der Waals surface area contributed by atoms with Gasteiger partial charge in [-0.05, 0) is 0 Å². The average molecular weight is 330 g/mol. The molecule has 0 spiro atoms. The molecule has 0 N–H and O–H groups in total. The minimum atomic E-state index is -3.18. The van der Waals surface area contributed by atoms with Crippen LogP contribution in [0.25, 0.3) is 0 Å². The van der Waals surface area contributed by atoms with Crippen molar-refractivity contribution < 1.29 is 18.9 Å². The maximum absolute atomic E-state index is 10.7. The molecule has 0 aromatic heterocycles. The number of allylic oxidation sites excluding steroid dienone is 4. The molecule has 0 rings (SSSR count). The molecule has 0 amide bonds. The van der Waals surface area contributed by atoms with E-state index in [1.807, 2.05) is 0 Å². The molecule has 0 atom stereocenters. The minimum Gasteiger partial charge on any atom is -0.799 e. The van der Waals surface area contributed by atoms with Gasteiger partial charge in [-0.25, -0.2) is 0 Å². The minimum absolute atomic E-state index is 0. The summed E-state index contributed by atoms with van der Waals surface area (Å²) in [7, 11) is -6.36. The molecule has 0 radical (unpaired) electrons. The van der Waals surface area contributed by atoms with Gasteiger partial charge in [0, 0.05) is 39.4 Å². The van der Waals surface area contributed by atoms with Crippen molar-refractivity contribution in [2.24, 2.45) is 0 Å². The van der Waals surface area contributed by atoms with Crippen molar-refractivity contribution in [1.29, 1.82) is 0 Å². The summed E-state index contributed by atoms with van der Waals surface area (Å²) in [4.78, 5) is 21.4. The van der Waals surface area contributed by atoms with Gasteiger partial charge in [0.2, 0.25) is 0 Å². The van der Waals surface area contributed by atoms with Gasteiger partial charge < -0.3 is 18.9 Å². The quantitative estimate of drug-likeness (QED) is 0.385. The Labute approximate surface area is 145 Å². The van der Waals surface area contributed by atoms with Crippen molar-refractivity contribution in [2.75, 3.05) is 24.6 Å². The van der Waals surface area contributed by atoms with Crippen molar-refractivity contribution in [3.8, 4) is 0 Å². The summed E-state index contributed by atoms with van der Waals surface area (Å²) in [6.45, 7) is 13.3. The fraction of sp³-hybridized carbons (Fsp3) is 0.333. The van der Waals surface area contributed by atoms with Crippen LogP contribution in [-0.4, -0.2) is 62.4 Å². The van der Waals surface area contributed by atoms with Crippen LogP contribution >= 0.6 is 14.7 Å². The van der Waals surface area contributed by atoms with Gasteiger partial charge in [0.25, 0.3) is 0 Å². The van der Waals surface area contributed by atoms with Crippen LogP contribution in [0.1, 0.15) is 0 Å². The van der Waals surface area contributed by atoms with Gasteiger partial charge in [0.15, 0.2) is 0 Å². The van der Waals surface area contributed by atoms with E-state index >= 15 is 0 Å². The van der Waals surface area contributed by atoms with Gasteiger partial charge in [-0.15, -0.1) is 26.3 Å². The summed E-state index contributed by atoms with van der Waals surface area (Å²) in [6.07, 6.45) is 5.82. The third-order valence-electron chi connectivity index (χ3n) is 1.63. The molecule has 7 heteroatoms. The monoisotopic (exact) mass is 330 g/mol. The Kier molecular flexibility index (Phi) is 17.6. The average Bonchev–Trinajstić information content (AvgIpc) is 2.17. The summed E-state index contributed by atoms with van der Waals surface area (Å²) in [6, 6.07) is 0. The summed E-state index contributed by atoms with van der Waals surface area (Å²) in [5.74, 6) is 0. The zero-order chi connectivity index (χ0) is 14.7. The van der Waals surface area contributed by atoms with Crippen LogP contribution in [0.3, 0.4) is 0 Å². The van der Waals surface area contributed by atoms with Crippen molar-refractivity contribution in [2.45, 2.75) is 0 Å². The molecule has 19 heavy (non-hydrogen) atoms. The Hall–Kier alpha value is 0.600. The smallest absolute Gasteiger partial charge is 0.799 e. The number of rotatable bonds is 8. The topological polar surface area (TPSA) is 80.3 Å². The standard InChI is InChI=1S/2C6H11O2P.Ca/c2*1-3-5-9(7,8)6-4-2;/h2*3-4H,1-2,5-6H2,(H,7,8);/q;;+2/p-2. The fourth-order valence-electron chi connectivity index (χ4n) is 0.936. The SMILES string of the molecule is C=CCP(=O)([O-])CC=C.C=CCP(=O)([O-])CC=C.[Ca+2]. The Morgan fingerprint density at radius 3 is 0.947 bits per heavy atom. The fourth-order valence-corrected chi connectivity index (χ4v) is 2.81. The van der Waals surface area contributed by atoms with Gasteiger partial charge in [-0.1, -0.05) is 24.3 Å². The van der Waals surface area contributed by atoms with Crippen molar-refractivity contribution in [3.63, 3.8) is 0 Å². The predicted octanol–water partition coefficient (Wildman–Crippen LogP) is 1.61. The van der Waals surface area contributed by atoms with Gasteiger partial charge in [0.1, 0.15) is 0 Å². The molecule has 0 unspecified atom stereocenters. The molecule has 104 valence electrons. The Bertz CT molecular complexity index is 316. The van der Waals surface area contributed by atoms with Crippen LogP contribution in [0, 0.1) is 0 Å². The van der Waals surface area contributed by atoms with Crippen LogP contribution < -0.4 is 9.79 Å². The molecule has 0 aromatic rings. The van der Waals surface area contributed by atoms with Gasteiger partial charge in [0.05, 0.1) is 0 Å². The van der Waals surface area contributed by atoms with Gasteiger partial charge in [-0.3, -0.25) is 0 Å². The molecule has 0 aliphatic heterocycles. The van der Waals surface area contributed by atoms with Crippen molar-refractivity contribution in [3.05, 3.63) is 50.6 Å². The second kappa shape index (κ2) is 13.6. The molecule has 0 bridgehead atoms. The van der Waals surface area contributed by atoms with Crippen molar-refractivity contribution in [1.82, 2.24) is 0 Å². The molecule has 0 aliphatic carbocycles. The van der Waals surface area contributed by atoms with Crippen LogP contribution in [-0.2, 0) is 9.13 Å². The molecule has 0 heterocycles. The van der Waals surface area contributed by atoms with E-state index in [2.05, 4.69) is 26.3 Å². The largest absolute Gasteiger partial charge is 2.00 e. The maximum atomic E-state index is 10.7. The molecule has 0 aliphatic rings. The van der Waals surface area contributed by atoms with E-state index in [1.54, 1.807) is 0 Å². The maximum Gasteiger partial charge on any atom is 2.00 e. The second-order valence-corrected chi connectivity index (χ2v) is 8.23. The van der Waals surface area contributed by atoms with Crippen LogP contribution in [0.5, 0.6) is 0 Å². The number of hydrogen-bond donors (Lipinski definition) is 0. The molecule has 0 aromatic carbocycles. The Morgan fingerprint density at radius 2 is 0.842 bits per heavy atom. The first-order valence-electron chi connectivity index (χ1n) is 5.26. The number of hydrogen-bond acceptors (Lipinski definition) is 4. The Balaban J connectivity index is -0.000000256. The third kappa shape index (κ3) is 18.6. The van der Waals surface area contributed by atoms with E-state index in [-0.39, 0.29) is 62.4 Å². The summed E-state index contributed by atoms with van der Waals surface area (Å²) in [5, 5.41) is 0. The van der Waals surface area contributed by atoms with E-state index in [4.69, 9.17) is 0 Å². The van der Waals surface area contributed by atoms with E-state index in [1.165, 1.54) is 24.3 Å². The van der Waals surface area contributed by atoms with E-state index in [0.717, 1.165) is 0 Å². The van der Waals surface area contributed by atoms with Crippen LogP contribution in [0.15, 0.2) is 50.6 Å². The first kappa shape index (κ1) is 24.6. The predicted molar refractivity (Wildman–Crippen MR) is 81.2 cm³/mol. The molecular weight excluding hydrogens is 310 g/mol.